The summed E-state index contributed by atoms with van der Waals surface area (Å²) >= 11 is 0. The van der Waals surface area contributed by atoms with Crippen LogP contribution >= 0.6 is 0 Å². The molecule has 26 heavy (non-hydrogen) atoms. The molecular formula is C20H29N3O3. The Balaban J connectivity index is 1.52. The lowest BCUT2D eigenvalue weighted by Crippen LogP contribution is -2.40. The highest BCUT2D eigenvalue weighted by Gasteiger charge is 2.27. The van der Waals surface area contributed by atoms with Gasteiger partial charge in [-0.15, -0.1) is 0 Å². The lowest BCUT2D eigenvalue weighted by Gasteiger charge is -2.29. The van der Waals surface area contributed by atoms with Gasteiger partial charge in [0.05, 0.1) is 19.8 Å². The molecule has 6 nitrogen and oxygen atoms in total. The minimum absolute atomic E-state index is 0.107. The summed E-state index contributed by atoms with van der Waals surface area (Å²) in [4.78, 5) is 28.8. The monoisotopic (exact) mass is 359 g/mol. The van der Waals surface area contributed by atoms with Gasteiger partial charge < -0.3 is 19.9 Å². The second-order valence-corrected chi connectivity index (χ2v) is 7.03. The molecule has 1 saturated heterocycles. The predicted molar refractivity (Wildman–Crippen MR) is 102 cm³/mol. The summed E-state index contributed by atoms with van der Waals surface area (Å²) in [7, 11) is 0. The number of carbonyl (C=O) groups is 2. The molecule has 2 fully saturated rings. The van der Waals surface area contributed by atoms with E-state index >= 15 is 0 Å². The molecule has 1 aromatic carbocycles. The third-order valence-corrected chi connectivity index (χ3v) is 5.26. The first-order valence-corrected chi connectivity index (χ1v) is 9.68. The minimum atomic E-state index is -0.141. The number of rotatable bonds is 6. The molecule has 6 heteroatoms. The highest BCUT2D eigenvalue weighted by atomic mass is 16.5. The Morgan fingerprint density at radius 3 is 2.42 bits per heavy atom. The molecule has 0 spiro atoms. The van der Waals surface area contributed by atoms with Crippen molar-refractivity contribution >= 4 is 23.2 Å². The summed E-state index contributed by atoms with van der Waals surface area (Å²) in [6, 6.07) is 7.86. The number of likely N-dealkylation sites (N-methyl/N-ethyl adjacent to an activating group) is 1. The maximum absolute atomic E-state index is 12.5. The Bertz CT molecular complexity index is 605. The van der Waals surface area contributed by atoms with Gasteiger partial charge >= 0.3 is 0 Å². The van der Waals surface area contributed by atoms with E-state index in [1.807, 2.05) is 31.2 Å². The molecule has 142 valence electrons. The molecule has 0 bridgehead atoms. The highest BCUT2D eigenvalue weighted by molar-refractivity contribution is 5.95. The number of morpholine rings is 1. The van der Waals surface area contributed by atoms with Crippen molar-refractivity contribution in [3.05, 3.63) is 24.3 Å². The van der Waals surface area contributed by atoms with Crippen molar-refractivity contribution in [3.8, 4) is 0 Å². The molecule has 2 amide bonds. The zero-order valence-electron chi connectivity index (χ0n) is 15.6. The van der Waals surface area contributed by atoms with Crippen molar-refractivity contribution in [1.82, 2.24) is 4.90 Å². The molecule has 1 aliphatic carbocycles. The van der Waals surface area contributed by atoms with E-state index in [0.717, 1.165) is 63.4 Å². The number of hydrogen-bond acceptors (Lipinski definition) is 4. The van der Waals surface area contributed by atoms with E-state index in [1.54, 1.807) is 4.90 Å². The fraction of sp³-hybridized carbons (Fsp3) is 0.600. The van der Waals surface area contributed by atoms with Crippen LogP contribution in [-0.4, -0.2) is 56.1 Å². The van der Waals surface area contributed by atoms with E-state index in [4.69, 9.17) is 4.74 Å². The molecule has 0 unspecified atom stereocenters. The Hall–Kier alpha value is -2.08. The van der Waals surface area contributed by atoms with Crippen molar-refractivity contribution in [1.29, 1.82) is 0 Å². The average Bonchev–Trinajstić information content (AvgIpc) is 3.22. The maximum Gasteiger partial charge on any atom is 0.243 e. The normalized spacial score (nSPS) is 18.0. The first kappa shape index (κ1) is 18.7. The largest absolute Gasteiger partial charge is 0.378 e. The highest BCUT2D eigenvalue weighted by Crippen LogP contribution is 2.26. The van der Waals surface area contributed by atoms with E-state index in [-0.39, 0.29) is 24.3 Å². The number of nitrogens with one attached hydrogen (secondary N) is 1. The number of ether oxygens (including phenoxy) is 1. The van der Waals surface area contributed by atoms with Gasteiger partial charge in [-0.1, -0.05) is 12.8 Å². The first-order chi connectivity index (χ1) is 12.7. The molecule has 0 radical (unpaired) electrons. The van der Waals surface area contributed by atoms with Gasteiger partial charge in [-0.3, -0.25) is 9.59 Å². The Morgan fingerprint density at radius 1 is 1.15 bits per heavy atom. The van der Waals surface area contributed by atoms with Crippen LogP contribution in [0.4, 0.5) is 11.4 Å². The Kier molecular flexibility index (Phi) is 6.50. The molecule has 2 aliphatic rings. The standard InChI is InChI=1S/C20H29N3O3/c1-2-22(20(25)16-5-3-4-6-16)15-19(24)21-17-7-9-18(10-8-17)23-11-13-26-14-12-23/h7-10,16H,2-6,11-15H2,1H3,(H,21,24). The van der Waals surface area contributed by atoms with Gasteiger partial charge in [0.15, 0.2) is 0 Å². The van der Waals surface area contributed by atoms with Crippen LogP contribution in [0, 0.1) is 5.92 Å². The number of anilines is 2. The zero-order chi connectivity index (χ0) is 18.4. The quantitative estimate of drug-likeness (QED) is 0.848. The smallest absolute Gasteiger partial charge is 0.243 e. The van der Waals surface area contributed by atoms with Crippen LogP contribution in [0.15, 0.2) is 24.3 Å². The fourth-order valence-electron chi connectivity index (χ4n) is 3.73. The van der Waals surface area contributed by atoms with Crippen LogP contribution in [0.2, 0.25) is 0 Å². The van der Waals surface area contributed by atoms with Crippen molar-refractivity contribution in [2.24, 2.45) is 5.92 Å². The van der Waals surface area contributed by atoms with Crippen molar-refractivity contribution in [2.75, 3.05) is 49.6 Å². The van der Waals surface area contributed by atoms with Crippen LogP contribution in [0.25, 0.3) is 0 Å². The van der Waals surface area contributed by atoms with Crippen LogP contribution in [-0.2, 0) is 14.3 Å². The lowest BCUT2D eigenvalue weighted by atomic mass is 10.1. The van der Waals surface area contributed by atoms with E-state index < -0.39 is 0 Å². The molecule has 1 saturated carbocycles. The van der Waals surface area contributed by atoms with Gasteiger partial charge in [0.25, 0.3) is 0 Å². The van der Waals surface area contributed by atoms with E-state index in [9.17, 15) is 9.59 Å². The van der Waals surface area contributed by atoms with Crippen LogP contribution in [0.3, 0.4) is 0 Å². The first-order valence-electron chi connectivity index (χ1n) is 9.68. The van der Waals surface area contributed by atoms with E-state index in [1.165, 1.54) is 0 Å². The number of carbonyl (C=O) groups excluding carboxylic acids is 2. The maximum atomic E-state index is 12.5. The van der Waals surface area contributed by atoms with Gasteiger partial charge in [0.2, 0.25) is 11.8 Å². The SMILES string of the molecule is CCN(CC(=O)Nc1ccc(N2CCOCC2)cc1)C(=O)C1CCCC1. The molecular weight excluding hydrogens is 330 g/mol. The van der Waals surface area contributed by atoms with Crippen LogP contribution in [0.5, 0.6) is 0 Å². The van der Waals surface area contributed by atoms with Crippen molar-refractivity contribution in [2.45, 2.75) is 32.6 Å². The third kappa shape index (κ3) is 4.75. The number of benzene rings is 1. The van der Waals surface area contributed by atoms with Crippen LogP contribution < -0.4 is 10.2 Å². The van der Waals surface area contributed by atoms with Crippen molar-refractivity contribution < 1.29 is 14.3 Å². The third-order valence-electron chi connectivity index (χ3n) is 5.26. The van der Waals surface area contributed by atoms with Crippen LogP contribution in [0.1, 0.15) is 32.6 Å². The van der Waals surface area contributed by atoms with E-state index in [2.05, 4.69) is 10.2 Å². The summed E-state index contributed by atoms with van der Waals surface area (Å²) in [5.41, 5.74) is 1.90. The van der Waals surface area contributed by atoms with Crippen molar-refractivity contribution in [3.63, 3.8) is 0 Å². The Morgan fingerprint density at radius 2 is 1.81 bits per heavy atom. The van der Waals surface area contributed by atoms with Gasteiger partial charge in [0, 0.05) is 36.9 Å². The lowest BCUT2D eigenvalue weighted by molar-refractivity contribution is -0.138. The molecule has 0 atom stereocenters. The zero-order valence-corrected chi connectivity index (χ0v) is 15.6. The second-order valence-electron chi connectivity index (χ2n) is 7.03. The van der Waals surface area contributed by atoms with E-state index in [0.29, 0.717) is 6.54 Å². The minimum Gasteiger partial charge on any atom is -0.378 e. The Labute approximate surface area is 155 Å². The average molecular weight is 359 g/mol. The number of amides is 2. The fourth-order valence-corrected chi connectivity index (χ4v) is 3.73. The molecule has 1 aliphatic heterocycles. The second kappa shape index (κ2) is 9.03. The molecule has 1 aromatic rings. The molecule has 3 rings (SSSR count). The summed E-state index contributed by atoms with van der Waals surface area (Å²) in [5, 5.41) is 2.91. The van der Waals surface area contributed by atoms with Gasteiger partial charge in [-0.05, 0) is 44.0 Å². The van der Waals surface area contributed by atoms with Gasteiger partial charge in [-0.2, -0.15) is 0 Å². The number of hydrogen-bond donors (Lipinski definition) is 1. The molecule has 0 aromatic heterocycles. The molecule has 1 N–H and O–H groups in total. The summed E-state index contributed by atoms with van der Waals surface area (Å²) in [6.45, 7) is 5.90. The predicted octanol–water partition coefficient (Wildman–Crippen LogP) is 2.50. The van der Waals surface area contributed by atoms with Gasteiger partial charge in [-0.25, -0.2) is 0 Å². The topological polar surface area (TPSA) is 61.9 Å². The molecule has 1 heterocycles. The summed E-state index contributed by atoms with van der Waals surface area (Å²) in [5.74, 6) is 0.0932. The van der Waals surface area contributed by atoms with Gasteiger partial charge in [0.1, 0.15) is 0 Å². The summed E-state index contributed by atoms with van der Waals surface area (Å²) < 4.78 is 5.37. The summed E-state index contributed by atoms with van der Waals surface area (Å²) in [6.07, 6.45) is 4.16. The number of nitrogens with zero attached hydrogens (tertiary/aromatic N) is 2.